The third-order valence-electron chi connectivity index (χ3n) is 4.86. The number of benzene rings is 2. The Balaban J connectivity index is 1.50. The van der Waals surface area contributed by atoms with Crippen molar-refractivity contribution in [1.82, 2.24) is 9.97 Å². The topological polar surface area (TPSA) is 68.1 Å². The van der Waals surface area contributed by atoms with Crippen LogP contribution in [0.5, 0.6) is 0 Å². The first-order chi connectivity index (χ1) is 13.7. The summed E-state index contributed by atoms with van der Waals surface area (Å²) in [6, 6.07) is 22.1. The lowest BCUT2D eigenvalue weighted by Crippen LogP contribution is -2.46. The van der Waals surface area contributed by atoms with Crippen molar-refractivity contribution in [3.8, 4) is 6.07 Å². The highest BCUT2D eigenvalue weighted by Crippen LogP contribution is 2.23. The summed E-state index contributed by atoms with van der Waals surface area (Å²) < 4.78 is 0. The van der Waals surface area contributed by atoms with Gasteiger partial charge in [-0.25, -0.2) is 4.98 Å². The Morgan fingerprint density at radius 2 is 1.57 bits per heavy atom. The molecule has 6 heteroatoms. The number of anilines is 4. The van der Waals surface area contributed by atoms with Crippen LogP contribution in [0, 0.1) is 18.3 Å². The van der Waals surface area contributed by atoms with Gasteiger partial charge in [0.15, 0.2) is 0 Å². The number of nitriles is 1. The number of para-hydroxylation sites is 2. The molecule has 0 aliphatic carbocycles. The maximum Gasteiger partial charge on any atom is 0.229 e. The fraction of sp³-hybridized carbons (Fsp3) is 0.227. The van der Waals surface area contributed by atoms with E-state index in [4.69, 9.17) is 4.98 Å². The second kappa shape index (κ2) is 7.97. The van der Waals surface area contributed by atoms with E-state index in [0.717, 1.165) is 43.4 Å². The maximum absolute atomic E-state index is 9.28. The maximum atomic E-state index is 9.28. The Labute approximate surface area is 165 Å². The summed E-state index contributed by atoms with van der Waals surface area (Å²) in [5, 5.41) is 12.5. The molecule has 28 heavy (non-hydrogen) atoms. The zero-order valence-corrected chi connectivity index (χ0v) is 15.8. The molecule has 1 fully saturated rings. The molecule has 1 N–H and O–H groups in total. The van der Waals surface area contributed by atoms with E-state index in [2.05, 4.69) is 50.4 Å². The SMILES string of the molecule is Cc1cc(N2CCN(c3ccccc3)CC2)nc(Nc2ccccc2C#N)n1. The summed E-state index contributed by atoms with van der Waals surface area (Å²) >= 11 is 0. The molecule has 1 aromatic heterocycles. The van der Waals surface area contributed by atoms with Crippen LogP contribution in [0.2, 0.25) is 0 Å². The van der Waals surface area contributed by atoms with Crippen LogP contribution in [-0.4, -0.2) is 36.1 Å². The molecule has 3 aromatic rings. The van der Waals surface area contributed by atoms with Crippen LogP contribution in [0.15, 0.2) is 60.7 Å². The van der Waals surface area contributed by atoms with Crippen LogP contribution < -0.4 is 15.1 Å². The van der Waals surface area contributed by atoms with Crippen molar-refractivity contribution in [2.75, 3.05) is 41.3 Å². The van der Waals surface area contributed by atoms with Gasteiger partial charge in [0.25, 0.3) is 0 Å². The molecule has 4 rings (SSSR count). The van der Waals surface area contributed by atoms with Gasteiger partial charge in [0.05, 0.1) is 11.3 Å². The normalized spacial score (nSPS) is 13.9. The van der Waals surface area contributed by atoms with Crippen LogP contribution in [0.4, 0.5) is 23.1 Å². The van der Waals surface area contributed by atoms with Gasteiger partial charge in [-0.1, -0.05) is 30.3 Å². The second-order valence-electron chi connectivity index (χ2n) is 6.78. The largest absolute Gasteiger partial charge is 0.368 e. The van der Waals surface area contributed by atoms with Gasteiger partial charge in [-0.2, -0.15) is 10.2 Å². The van der Waals surface area contributed by atoms with Gasteiger partial charge in [0, 0.05) is 43.6 Å². The lowest BCUT2D eigenvalue weighted by Gasteiger charge is -2.36. The molecule has 6 nitrogen and oxygen atoms in total. The number of piperazine rings is 1. The van der Waals surface area contributed by atoms with Crippen molar-refractivity contribution < 1.29 is 0 Å². The first-order valence-electron chi connectivity index (χ1n) is 9.40. The number of rotatable bonds is 4. The predicted octanol–water partition coefficient (Wildman–Crippen LogP) is 3.73. The fourth-order valence-electron chi connectivity index (χ4n) is 3.41. The molecule has 140 valence electrons. The first kappa shape index (κ1) is 17.8. The van der Waals surface area contributed by atoms with Gasteiger partial charge in [-0.05, 0) is 31.2 Å². The zero-order chi connectivity index (χ0) is 19.3. The number of aryl methyl sites for hydroxylation is 1. The molecule has 2 heterocycles. The molecule has 0 unspecified atom stereocenters. The molecule has 0 amide bonds. The Morgan fingerprint density at radius 1 is 0.893 bits per heavy atom. The minimum absolute atomic E-state index is 0.517. The smallest absolute Gasteiger partial charge is 0.229 e. The van der Waals surface area contributed by atoms with Crippen LogP contribution in [0.3, 0.4) is 0 Å². The first-order valence-corrected chi connectivity index (χ1v) is 9.40. The summed E-state index contributed by atoms with van der Waals surface area (Å²) in [6.07, 6.45) is 0. The fourth-order valence-corrected chi connectivity index (χ4v) is 3.41. The molecule has 1 saturated heterocycles. The molecular formula is C22H22N6. The number of nitrogens with zero attached hydrogens (tertiary/aromatic N) is 5. The van der Waals surface area contributed by atoms with Crippen LogP contribution in [0.1, 0.15) is 11.3 Å². The monoisotopic (exact) mass is 370 g/mol. The molecule has 0 spiro atoms. The van der Waals surface area contributed by atoms with E-state index < -0.39 is 0 Å². The van der Waals surface area contributed by atoms with E-state index in [1.165, 1.54) is 5.69 Å². The molecule has 0 radical (unpaired) electrons. The zero-order valence-electron chi connectivity index (χ0n) is 15.8. The van der Waals surface area contributed by atoms with Crippen molar-refractivity contribution in [2.24, 2.45) is 0 Å². The average molecular weight is 370 g/mol. The predicted molar refractivity (Wildman–Crippen MR) is 112 cm³/mol. The molecule has 0 bridgehead atoms. The quantitative estimate of drug-likeness (QED) is 0.755. The van der Waals surface area contributed by atoms with Crippen molar-refractivity contribution >= 4 is 23.1 Å². The van der Waals surface area contributed by atoms with Crippen molar-refractivity contribution in [3.05, 3.63) is 71.9 Å². The highest BCUT2D eigenvalue weighted by atomic mass is 15.3. The average Bonchev–Trinajstić information content (AvgIpc) is 2.74. The summed E-state index contributed by atoms with van der Waals surface area (Å²) in [7, 11) is 0. The van der Waals surface area contributed by atoms with E-state index in [0.29, 0.717) is 11.5 Å². The minimum atomic E-state index is 0.517. The number of nitrogens with one attached hydrogen (secondary N) is 1. The Bertz CT molecular complexity index is 987. The number of hydrogen-bond donors (Lipinski definition) is 1. The minimum Gasteiger partial charge on any atom is -0.368 e. The van der Waals surface area contributed by atoms with E-state index in [1.807, 2.05) is 37.3 Å². The third kappa shape index (κ3) is 3.89. The highest BCUT2D eigenvalue weighted by Gasteiger charge is 2.19. The van der Waals surface area contributed by atoms with Gasteiger partial charge in [-0.3, -0.25) is 0 Å². The molecule has 2 aromatic carbocycles. The molecular weight excluding hydrogens is 348 g/mol. The summed E-state index contributed by atoms with van der Waals surface area (Å²) in [6.45, 7) is 5.67. The van der Waals surface area contributed by atoms with Gasteiger partial charge in [-0.15, -0.1) is 0 Å². The lowest BCUT2D eigenvalue weighted by molar-refractivity contribution is 0.647. The molecule has 0 atom stereocenters. The number of aromatic nitrogens is 2. The van der Waals surface area contributed by atoms with Gasteiger partial charge >= 0.3 is 0 Å². The Morgan fingerprint density at radius 3 is 2.32 bits per heavy atom. The summed E-state index contributed by atoms with van der Waals surface area (Å²) in [5.41, 5.74) is 3.45. The lowest BCUT2D eigenvalue weighted by atomic mass is 10.2. The van der Waals surface area contributed by atoms with E-state index in [1.54, 1.807) is 6.07 Å². The highest BCUT2D eigenvalue weighted by molar-refractivity contribution is 5.63. The summed E-state index contributed by atoms with van der Waals surface area (Å²) in [5.74, 6) is 1.43. The van der Waals surface area contributed by atoms with Crippen LogP contribution in [0.25, 0.3) is 0 Å². The third-order valence-corrected chi connectivity index (χ3v) is 4.86. The van der Waals surface area contributed by atoms with Crippen molar-refractivity contribution in [2.45, 2.75) is 6.92 Å². The van der Waals surface area contributed by atoms with E-state index >= 15 is 0 Å². The van der Waals surface area contributed by atoms with Crippen LogP contribution in [-0.2, 0) is 0 Å². The van der Waals surface area contributed by atoms with Crippen molar-refractivity contribution in [3.63, 3.8) is 0 Å². The van der Waals surface area contributed by atoms with Gasteiger partial charge in [0.2, 0.25) is 5.95 Å². The van der Waals surface area contributed by atoms with E-state index in [-0.39, 0.29) is 0 Å². The number of hydrogen-bond acceptors (Lipinski definition) is 6. The summed E-state index contributed by atoms with van der Waals surface area (Å²) in [4.78, 5) is 13.9. The van der Waals surface area contributed by atoms with Crippen molar-refractivity contribution in [1.29, 1.82) is 5.26 Å². The Hall–Kier alpha value is -3.59. The standard InChI is InChI=1S/C22H22N6/c1-17-15-21(26-22(24-17)25-20-10-6-5-7-18(20)16-23)28-13-11-27(12-14-28)19-8-3-2-4-9-19/h2-10,15H,11-14H2,1H3,(H,24,25,26). The second-order valence-corrected chi connectivity index (χ2v) is 6.78. The van der Waals surface area contributed by atoms with E-state index in [9.17, 15) is 5.26 Å². The molecule has 1 aliphatic heterocycles. The van der Waals surface area contributed by atoms with Crippen LogP contribution >= 0.6 is 0 Å². The molecule has 1 aliphatic rings. The van der Waals surface area contributed by atoms with Gasteiger partial charge < -0.3 is 15.1 Å². The Kier molecular flexibility index (Phi) is 5.07. The van der Waals surface area contributed by atoms with Gasteiger partial charge in [0.1, 0.15) is 11.9 Å². The molecule has 0 saturated carbocycles.